The Hall–Kier alpha value is -1.44. The summed E-state index contributed by atoms with van der Waals surface area (Å²) in [6.45, 7) is 5.36. The molecule has 1 aromatic carbocycles. The van der Waals surface area contributed by atoms with E-state index in [4.69, 9.17) is 4.74 Å². The molecular formula is C15H23NO5S. The van der Waals surface area contributed by atoms with Gasteiger partial charge in [-0.15, -0.1) is 0 Å². The summed E-state index contributed by atoms with van der Waals surface area (Å²) in [6.07, 6.45) is 0. The lowest BCUT2D eigenvalue weighted by Gasteiger charge is -2.23. The number of benzene rings is 1. The van der Waals surface area contributed by atoms with Gasteiger partial charge in [0.05, 0.1) is 25.1 Å². The zero-order valence-corrected chi connectivity index (χ0v) is 14.1. The fourth-order valence-electron chi connectivity index (χ4n) is 1.68. The number of hydrogen-bond acceptors (Lipinski definition) is 5. The van der Waals surface area contributed by atoms with E-state index in [0.29, 0.717) is 5.56 Å². The standard InChI is InChI=1S/C15H23NO5S/c1-15(2,3)21-10-13(14(17)20-4)16-22(18,19)11-12-8-6-5-7-9-12/h5-9,13,16H,10-11H2,1-4H3. The van der Waals surface area contributed by atoms with Crippen molar-refractivity contribution >= 4 is 16.0 Å². The quantitative estimate of drug-likeness (QED) is 0.766. The minimum atomic E-state index is -3.69. The Morgan fingerprint density at radius 2 is 1.82 bits per heavy atom. The van der Waals surface area contributed by atoms with E-state index in [1.54, 1.807) is 30.3 Å². The van der Waals surface area contributed by atoms with Crippen LogP contribution in [0.15, 0.2) is 30.3 Å². The number of sulfonamides is 1. The van der Waals surface area contributed by atoms with E-state index in [1.807, 2.05) is 20.8 Å². The number of carbonyl (C=O) groups excluding carboxylic acids is 1. The van der Waals surface area contributed by atoms with Gasteiger partial charge in [-0.25, -0.2) is 8.42 Å². The predicted octanol–water partition coefficient (Wildman–Crippen LogP) is 1.46. The van der Waals surface area contributed by atoms with Crippen LogP contribution in [0.2, 0.25) is 0 Å². The van der Waals surface area contributed by atoms with E-state index in [2.05, 4.69) is 9.46 Å². The summed E-state index contributed by atoms with van der Waals surface area (Å²) in [5, 5.41) is 0. The average Bonchev–Trinajstić information content (AvgIpc) is 2.42. The van der Waals surface area contributed by atoms with Crippen LogP contribution in [0, 0.1) is 0 Å². The van der Waals surface area contributed by atoms with Crippen molar-refractivity contribution in [3.8, 4) is 0 Å². The lowest BCUT2D eigenvalue weighted by molar-refractivity contribution is -0.145. The highest BCUT2D eigenvalue weighted by Gasteiger charge is 2.27. The van der Waals surface area contributed by atoms with E-state index in [-0.39, 0.29) is 12.4 Å². The zero-order chi connectivity index (χ0) is 16.8. The summed E-state index contributed by atoms with van der Waals surface area (Å²) in [5.74, 6) is -0.891. The minimum absolute atomic E-state index is 0.0931. The molecule has 0 aliphatic carbocycles. The molecule has 1 atom stereocenters. The minimum Gasteiger partial charge on any atom is -0.468 e. The van der Waals surface area contributed by atoms with Crippen LogP contribution in [0.5, 0.6) is 0 Å². The molecule has 1 N–H and O–H groups in total. The normalized spacial score (nSPS) is 13.6. The number of hydrogen-bond donors (Lipinski definition) is 1. The first kappa shape index (κ1) is 18.6. The van der Waals surface area contributed by atoms with Gasteiger partial charge in [-0.05, 0) is 26.3 Å². The summed E-state index contributed by atoms with van der Waals surface area (Å²) < 4.78 is 36.8. The van der Waals surface area contributed by atoms with Gasteiger partial charge in [0, 0.05) is 0 Å². The summed E-state index contributed by atoms with van der Waals surface area (Å²) in [5.41, 5.74) is 0.146. The Kier molecular flexibility index (Phi) is 6.52. The van der Waals surface area contributed by atoms with Gasteiger partial charge in [0.2, 0.25) is 10.0 Å². The smallest absolute Gasteiger partial charge is 0.326 e. The third kappa shape index (κ3) is 7.02. The van der Waals surface area contributed by atoms with Crippen LogP contribution in [0.3, 0.4) is 0 Å². The first-order chi connectivity index (χ1) is 10.1. The molecule has 0 radical (unpaired) electrons. The summed E-state index contributed by atoms with van der Waals surface area (Å²) in [4.78, 5) is 11.7. The van der Waals surface area contributed by atoms with E-state index in [0.717, 1.165) is 0 Å². The lowest BCUT2D eigenvalue weighted by Crippen LogP contribution is -2.46. The largest absolute Gasteiger partial charge is 0.468 e. The second kappa shape index (κ2) is 7.71. The van der Waals surface area contributed by atoms with E-state index >= 15 is 0 Å². The average molecular weight is 329 g/mol. The van der Waals surface area contributed by atoms with Crippen molar-refractivity contribution in [1.82, 2.24) is 4.72 Å². The number of ether oxygens (including phenoxy) is 2. The van der Waals surface area contributed by atoms with Crippen molar-refractivity contribution in [1.29, 1.82) is 0 Å². The Balaban J connectivity index is 2.77. The zero-order valence-electron chi connectivity index (χ0n) is 13.3. The van der Waals surface area contributed by atoms with Gasteiger partial charge in [0.1, 0.15) is 6.04 Å². The van der Waals surface area contributed by atoms with Crippen LogP contribution in [0.1, 0.15) is 26.3 Å². The molecule has 0 aliphatic heterocycles. The third-order valence-corrected chi connectivity index (χ3v) is 4.05. The molecule has 22 heavy (non-hydrogen) atoms. The van der Waals surface area contributed by atoms with Gasteiger partial charge < -0.3 is 9.47 Å². The Morgan fingerprint density at radius 3 is 2.32 bits per heavy atom. The van der Waals surface area contributed by atoms with Crippen LogP contribution in [0.4, 0.5) is 0 Å². The van der Waals surface area contributed by atoms with Crippen molar-refractivity contribution in [3.05, 3.63) is 35.9 Å². The SMILES string of the molecule is COC(=O)C(COC(C)(C)C)NS(=O)(=O)Cc1ccccc1. The lowest BCUT2D eigenvalue weighted by atomic mass is 10.2. The fourth-order valence-corrected chi connectivity index (χ4v) is 2.99. The van der Waals surface area contributed by atoms with Gasteiger partial charge in [-0.1, -0.05) is 30.3 Å². The number of nitrogens with one attached hydrogen (secondary N) is 1. The molecule has 0 aromatic heterocycles. The van der Waals surface area contributed by atoms with E-state index < -0.39 is 27.6 Å². The van der Waals surface area contributed by atoms with Gasteiger partial charge >= 0.3 is 5.97 Å². The van der Waals surface area contributed by atoms with Gasteiger partial charge in [0.15, 0.2) is 0 Å². The van der Waals surface area contributed by atoms with Crippen molar-refractivity contribution in [2.24, 2.45) is 0 Å². The Bertz CT molecular complexity index is 578. The number of methoxy groups -OCH3 is 1. The molecule has 0 saturated heterocycles. The maximum absolute atomic E-state index is 12.2. The summed E-state index contributed by atoms with van der Waals surface area (Å²) in [7, 11) is -2.48. The van der Waals surface area contributed by atoms with Crippen molar-refractivity contribution in [2.75, 3.05) is 13.7 Å². The molecule has 1 unspecified atom stereocenters. The molecule has 124 valence electrons. The fraction of sp³-hybridized carbons (Fsp3) is 0.533. The molecule has 0 aliphatic rings. The molecule has 1 rings (SSSR count). The molecule has 0 amide bonds. The monoisotopic (exact) mass is 329 g/mol. The van der Waals surface area contributed by atoms with Gasteiger partial charge in [0.25, 0.3) is 0 Å². The molecule has 7 heteroatoms. The van der Waals surface area contributed by atoms with Crippen molar-refractivity contribution in [2.45, 2.75) is 38.2 Å². The van der Waals surface area contributed by atoms with Gasteiger partial charge in [-0.3, -0.25) is 4.79 Å². The maximum Gasteiger partial charge on any atom is 0.326 e. The van der Waals surface area contributed by atoms with Crippen LogP contribution in [0.25, 0.3) is 0 Å². The summed E-state index contributed by atoms with van der Waals surface area (Å²) >= 11 is 0. The molecule has 6 nitrogen and oxygen atoms in total. The van der Waals surface area contributed by atoms with Crippen molar-refractivity contribution in [3.63, 3.8) is 0 Å². The third-order valence-electron chi connectivity index (χ3n) is 2.69. The predicted molar refractivity (Wildman–Crippen MR) is 83.7 cm³/mol. The van der Waals surface area contributed by atoms with E-state index in [1.165, 1.54) is 7.11 Å². The Labute approximate surface area is 131 Å². The molecule has 1 aromatic rings. The van der Waals surface area contributed by atoms with Gasteiger partial charge in [-0.2, -0.15) is 4.72 Å². The highest BCUT2D eigenvalue weighted by atomic mass is 32.2. The topological polar surface area (TPSA) is 81.7 Å². The second-order valence-corrected chi connectivity index (χ2v) is 7.62. The Morgan fingerprint density at radius 1 is 1.23 bits per heavy atom. The molecule has 0 bridgehead atoms. The van der Waals surface area contributed by atoms with Crippen LogP contribution in [-0.2, 0) is 30.0 Å². The number of rotatable bonds is 7. The first-order valence-electron chi connectivity index (χ1n) is 6.89. The summed E-state index contributed by atoms with van der Waals surface area (Å²) in [6, 6.07) is 7.66. The molecule has 0 spiro atoms. The highest BCUT2D eigenvalue weighted by molar-refractivity contribution is 7.88. The van der Waals surface area contributed by atoms with Crippen LogP contribution < -0.4 is 4.72 Å². The number of esters is 1. The van der Waals surface area contributed by atoms with Crippen molar-refractivity contribution < 1.29 is 22.7 Å². The maximum atomic E-state index is 12.2. The van der Waals surface area contributed by atoms with Crippen LogP contribution >= 0.6 is 0 Å². The highest BCUT2D eigenvalue weighted by Crippen LogP contribution is 2.10. The molecule has 0 saturated carbocycles. The number of carbonyl (C=O) groups is 1. The molecule has 0 fully saturated rings. The first-order valence-corrected chi connectivity index (χ1v) is 8.54. The van der Waals surface area contributed by atoms with E-state index in [9.17, 15) is 13.2 Å². The van der Waals surface area contributed by atoms with Crippen LogP contribution in [-0.4, -0.2) is 39.7 Å². The molecule has 0 heterocycles. The second-order valence-electron chi connectivity index (χ2n) is 5.86. The molecular weight excluding hydrogens is 306 g/mol.